The number of rotatable bonds is 5. The molecule has 0 amide bonds. The molecule has 0 spiro atoms. The van der Waals surface area contributed by atoms with E-state index < -0.39 is 0 Å². The summed E-state index contributed by atoms with van der Waals surface area (Å²) in [6.45, 7) is 10.1. The summed E-state index contributed by atoms with van der Waals surface area (Å²) in [7, 11) is 2.07. The van der Waals surface area contributed by atoms with Gasteiger partial charge >= 0.3 is 0 Å². The Labute approximate surface area is 155 Å². The minimum Gasteiger partial charge on any atom is -0.378 e. The number of piperidine rings is 1. The average molecular weight is 358 g/mol. The lowest BCUT2D eigenvalue weighted by Gasteiger charge is -2.34. The molecule has 2 aromatic heterocycles. The minimum atomic E-state index is 0.696. The Morgan fingerprint density at radius 2 is 2.08 bits per heavy atom. The van der Waals surface area contributed by atoms with Gasteiger partial charge in [-0.25, -0.2) is 4.98 Å². The van der Waals surface area contributed by atoms with Crippen molar-refractivity contribution < 1.29 is 4.74 Å². The highest BCUT2D eigenvalue weighted by Gasteiger charge is 2.26. The number of ether oxygens (including phenoxy) is 1. The van der Waals surface area contributed by atoms with E-state index in [1.165, 1.54) is 30.8 Å². The van der Waals surface area contributed by atoms with Crippen LogP contribution in [0.2, 0.25) is 0 Å². The van der Waals surface area contributed by atoms with Crippen LogP contribution in [0.4, 0.5) is 5.82 Å². The molecule has 2 aliphatic rings. The summed E-state index contributed by atoms with van der Waals surface area (Å²) in [5.41, 5.74) is 2.54. The van der Waals surface area contributed by atoms with Crippen molar-refractivity contribution in [2.45, 2.75) is 32.9 Å². The van der Waals surface area contributed by atoms with Gasteiger partial charge in [0, 0.05) is 57.7 Å². The third-order valence-electron chi connectivity index (χ3n) is 5.64. The second kappa shape index (κ2) is 7.80. The maximum atomic E-state index is 5.53. The topological polar surface area (TPSA) is 51.4 Å². The highest BCUT2D eigenvalue weighted by atomic mass is 16.5. The molecule has 2 aliphatic heterocycles. The second-order valence-corrected chi connectivity index (χ2v) is 7.61. The first-order valence-corrected chi connectivity index (χ1v) is 9.74. The maximum Gasteiger partial charge on any atom is 0.131 e. The second-order valence-electron chi connectivity index (χ2n) is 7.61. The number of likely N-dealkylation sites (tertiary alicyclic amines) is 1. The summed E-state index contributed by atoms with van der Waals surface area (Å²) in [5.74, 6) is 1.98. The molecule has 0 saturated carbocycles. The van der Waals surface area contributed by atoms with Crippen molar-refractivity contribution in [3.05, 3.63) is 30.0 Å². The van der Waals surface area contributed by atoms with Gasteiger partial charge in [0.25, 0.3) is 0 Å². The van der Waals surface area contributed by atoms with Crippen molar-refractivity contribution in [3.63, 3.8) is 0 Å². The monoisotopic (exact) mass is 358 g/mol. The van der Waals surface area contributed by atoms with E-state index in [9.17, 15) is 0 Å². The van der Waals surface area contributed by atoms with E-state index in [0.29, 0.717) is 5.92 Å². The van der Waals surface area contributed by atoms with Gasteiger partial charge in [0.1, 0.15) is 5.82 Å². The van der Waals surface area contributed by atoms with Gasteiger partial charge in [0.2, 0.25) is 0 Å². The Morgan fingerprint density at radius 3 is 2.85 bits per heavy atom. The molecule has 4 heterocycles. The fraction of sp³-hybridized carbons (Fsp3) is 0.684. The number of hydrogen-bond acceptors (Lipinski definition) is 5. The molecule has 7 nitrogen and oxygen atoms in total. The highest BCUT2D eigenvalue weighted by Crippen LogP contribution is 2.28. The summed E-state index contributed by atoms with van der Waals surface area (Å²) in [5, 5.41) is 4.73. The van der Waals surface area contributed by atoms with E-state index in [4.69, 9.17) is 9.84 Å². The normalized spacial score (nSPS) is 22.1. The van der Waals surface area contributed by atoms with Crippen molar-refractivity contribution in [1.82, 2.24) is 24.2 Å². The lowest BCUT2D eigenvalue weighted by molar-refractivity contribution is 0.121. The Hall–Kier alpha value is -1.86. The fourth-order valence-electron chi connectivity index (χ4n) is 4.41. The fourth-order valence-corrected chi connectivity index (χ4v) is 4.41. The molecule has 0 radical (unpaired) electrons. The smallest absolute Gasteiger partial charge is 0.131 e. The molecule has 0 aromatic carbocycles. The first kappa shape index (κ1) is 17.5. The Kier molecular flexibility index (Phi) is 5.26. The van der Waals surface area contributed by atoms with Gasteiger partial charge < -0.3 is 14.2 Å². The molecule has 0 bridgehead atoms. The highest BCUT2D eigenvalue weighted by molar-refractivity contribution is 5.50. The molecule has 2 saturated heterocycles. The largest absolute Gasteiger partial charge is 0.378 e. The molecule has 4 rings (SSSR count). The maximum absolute atomic E-state index is 5.53. The Balaban J connectivity index is 1.46. The zero-order chi connectivity index (χ0) is 17.9. The summed E-state index contributed by atoms with van der Waals surface area (Å²) in [4.78, 5) is 9.22. The van der Waals surface area contributed by atoms with Crippen LogP contribution in [0.25, 0.3) is 0 Å². The average Bonchev–Trinajstić information content (AvgIpc) is 3.24. The van der Waals surface area contributed by atoms with Crippen LogP contribution >= 0.6 is 0 Å². The van der Waals surface area contributed by atoms with E-state index in [0.717, 1.165) is 51.6 Å². The van der Waals surface area contributed by atoms with E-state index in [1.54, 1.807) is 0 Å². The molecule has 0 aliphatic carbocycles. The molecule has 0 N–H and O–H groups in total. The van der Waals surface area contributed by atoms with E-state index >= 15 is 0 Å². The molecule has 7 heteroatoms. The SMILES string of the molecule is Cc1nn(C)c(N2CCOCC2)c1CN1CCC[C@@H](Cn2ccnc2)C1. The summed E-state index contributed by atoms with van der Waals surface area (Å²) >= 11 is 0. The van der Waals surface area contributed by atoms with Crippen LogP contribution in [0.5, 0.6) is 0 Å². The van der Waals surface area contributed by atoms with Crippen molar-refractivity contribution >= 4 is 5.82 Å². The van der Waals surface area contributed by atoms with Gasteiger partial charge in [0.05, 0.1) is 25.2 Å². The van der Waals surface area contributed by atoms with Crippen LogP contribution in [0.15, 0.2) is 18.7 Å². The predicted molar refractivity (Wildman–Crippen MR) is 101 cm³/mol. The molecular weight excluding hydrogens is 328 g/mol. The zero-order valence-electron chi connectivity index (χ0n) is 16.0. The van der Waals surface area contributed by atoms with Crippen LogP contribution in [0, 0.1) is 12.8 Å². The van der Waals surface area contributed by atoms with Gasteiger partial charge in [-0.1, -0.05) is 0 Å². The number of hydrogen-bond donors (Lipinski definition) is 0. The van der Waals surface area contributed by atoms with Crippen molar-refractivity contribution in [1.29, 1.82) is 0 Å². The summed E-state index contributed by atoms with van der Waals surface area (Å²) in [6, 6.07) is 0. The molecular formula is C19H30N6O. The van der Waals surface area contributed by atoms with Crippen LogP contribution in [-0.2, 0) is 24.9 Å². The molecule has 0 unspecified atom stereocenters. The lowest BCUT2D eigenvalue weighted by Crippen LogP contribution is -2.39. The van der Waals surface area contributed by atoms with Gasteiger partial charge in [-0.15, -0.1) is 0 Å². The van der Waals surface area contributed by atoms with E-state index in [2.05, 4.69) is 44.2 Å². The minimum absolute atomic E-state index is 0.696. The van der Waals surface area contributed by atoms with Crippen LogP contribution < -0.4 is 4.90 Å². The van der Waals surface area contributed by atoms with Gasteiger partial charge in [-0.2, -0.15) is 5.10 Å². The molecule has 2 aromatic rings. The third kappa shape index (κ3) is 3.78. The van der Waals surface area contributed by atoms with E-state index in [1.807, 2.05) is 12.5 Å². The first-order chi connectivity index (χ1) is 12.7. The molecule has 26 heavy (non-hydrogen) atoms. The number of aromatic nitrogens is 4. The number of imidazole rings is 1. The first-order valence-electron chi connectivity index (χ1n) is 9.74. The van der Waals surface area contributed by atoms with Gasteiger partial charge in [0.15, 0.2) is 0 Å². The lowest BCUT2D eigenvalue weighted by atomic mass is 9.97. The van der Waals surface area contributed by atoms with Crippen LogP contribution in [0.3, 0.4) is 0 Å². The number of morpholine rings is 1. The Morgan fingerprint density at radius 1 is 1.23 bits per heavy atom. The van der Waals surface area contributed by atoms with E-state index in [-0.39, 0.29) is 0 Å². The van der Waals surface area contributed by atoms with Gasteiger partial charge in [-0.05, 0) is 32.2 Å². The molecule has 142 valence electrons. The van der Waals surface area contributed by atoms with Gasteiger partial charge in [-0.3, -0.25) is 9.58 Å². The molecule has 1 atom stereocenters. The molecule has 2 fully saturated rings. The van der Waals surface area contributed by atoms with Crippen molar-refractivity contribution in [3.8, 4) is 0 Å². The predicted octanol–water partition coefficient (Wildman–Crippen LogP) is 1.67. The standard InChI is InChI=1S/C19H30N6O/c1-16-18(19(22(2)21-16)25-8-10-26-11-9-25)14-23-6-3-4-17(12-23)13-24-7-5-20-15-24/h5,7,15,17H,3-4,6,8-14H2,1-2H3/t17-/m1/s1. The number of aryl methyl sites for hydroxylation is 2. The van der Waals surface area contributed by atoms with Crippen molar-refractivity contribution in [2.24, 2.45) is 13.0 Å². The van der Waals surface area contributed by atoms with Crippen LogP contribution in [-0.4, -0.2) is 63.6 Å². The Bertz CT molecular complexity index is 704. The third-order valence-corrected chi connectivity index (χ3v) is 5.64. The zero-order valence-corrected chi connectivity index (χ0v) is 16.0. The number of anilines is 1. The quantitative estimate of drug-likeness (QED) is 0.814. The van der Waals surface area contributed by atoms with Crippen LogP contribution in [0.1, 0.15) is 24.1 Å². The number of nitrogens with zero attached hydrogens (tertiary/aromatic N) is 6. The summed E-state index contributed by atoms with van der Waals surface area (Å²) in [6.07, 6.45) is 8.44. The summed E-state index contributed by atoms with van der Waals surface area (Å²) < 4.78 is 9.80. The van der Waals surface area contributed by atoms with Crippen molar-refractivity contribution in [2.75, 3.05) is 44.3 Å².